The molecule has 3 rings (SSSR count). The van der Waals surface area contributed by atoms with Crippen LogP contribution in [0.15, 0.2) is 48.5 Å². The Morgan fingerprint density at radius 1 is 1.17 bits per heavy atom. The third kappa shape index (κ3) is 4.87. The summed E-state index contributed by atoms with van der Waals surface area (Å²) in [5.74, 6) is 1.37. The molecule has 0 unspecified atom stereocenters. The maximum Gasteiger partial charge on any atom is 0.189 e. The normalized spacial score (nSPS) is 11.1. The predicted molar refractivity (Wildman–Crippen MR) is 115 cm³/mol. The van der Waals surface area contributed by atoms with Crippen molar-refractivity contribution < 1.29 is 14.3 Å². The molecule has 3 aromatic rings. The highest BCUT2D eigenvalue weighted by molar-refractivity contribution is 6.30. The zero-order chi connectivity index (χ0) is 21.0. The summed E-state index contributed by atoms with van der Waals surface area (Å²) >= 11 is 5.91. The van der Waals surface area contributed by atoms with Crippen molar-refractivity contribution in [3.05, 3.63) is 81.6 Å². The highest BCUT2D eigenvalue weighted by Crippen LogP contribution is 2.24. The molecule has 5 nitrogen and oxygen atoms in total. The fraction of sp³-hybridized carbons (Fsp3) is 0.217. The molecule has 0 spiro atoms. The van der Waals surface area contributed by atoms with Gasteiger partial charge in [0.1, 0.15) is 18.1 Å². The van der Waals surface area contributed by atoms with Gasteiger partial charge in [-0.2, -0.15) is 5.10 Å². The maximum atomic E-state index is 12.6. The lowest BCUT2D eigenvalue weighted by Crippen LogP contribution is -2.00. The molecule has 2 aromatic carbocycles. The van der Waals surface area contributed by atoms with Crippen molar-refractivity contribution in [2.24, 2.45) is 7.05 Å². The van der Waals surface area contributed by atoms with Crippen LogP contribution in [0.2, 0.25) is 5.02 Å². The standard InChI is InChI=1S/C23H23ClN2O3/c1-15-23(16(2)26(3)25-15)21(27)11-5-17-6-12-22(28-4)18(13-17)14-29-20-9-7-19(24)8-10-20/h5-13H,14H2,1-4H3/b11-5+. The first-order valence-corrected chi connectivity index (χ1v) is 9.54. The molecule has 0 bridgehead atoms. The van der Waals surface area contributed by atoms with E-state index in [1.165, 1.54) is 0 Å². The Hall–Kier alpha value is -3.05. The third-order valence-electron chi connectivity index (χ3n) is 4.70. The van der Waals surface area contributed by atoms with E-state index < -0.39 is 0 Å². The minimum atomic E-state index is -0.0668. The first-order valence-electron chi connectivity index (χ1n) is 9.17. The average molecular weight is 411 g/mol. The van der Waals surface area contributed by atoms with E-state index in [4.69, 9.17) is 21.1 Å². The zero-order valence-electron chi connectivity index (χ0n) is 16.9. The molecule has 6 heteroatoms. The molecule has 0 aliphatic carbocycles. The molecule has 0 aliphatic rings. The molecule has 150 valence electrons. The first-order chi connectivity index (χ1) is 13.9. The van der Waals surface area contributed by atoms with Crippen molar-refractivity contribution in [1.29, 1.82) is 0 Å². The number of benzene rings is 2. The lowest BCUT2D eigenvalue weighted by Gasteiger charge is -2.11. The fourth-order valence-corrected chi connectivity index (χ4v) is 3.22. The fourth-order valence-electron chi connectivity index (χ4n) is 3.09. The highest BCUT2D eigenvalue weighted by Gasteiger charge is 2.15. The molecule has 0 aliphatic heterocycles. The number of halogens is 1. The summed E-state index contributed by atoms with van der Waals surface area (Å²) in [7, 11) is 3.45. The van der Waals surface area contributed by atoms with E-state index in [2.05, 4.69) is 5.10 Å². The van der Waals surface area contributed by atoms with Crippen molar-refractivity contribution in [2.45, 2.75) is 20.5 Å². The number of carbonyl (C=O) groups is 1. The summed E-state index contributed by atoms with van der Waals surface area (Å²) in [5.41, 5.74) is 3.98. The number of methoxy groups -OCH3 is 1. The summed E-state index contributed by atoms with van der Waals surface area (Å²) < 4.78 is 13.0. The molecule has 0 saturated heterocycles. The van der Waals surface area contributed by atoms with Gasteiger partial charge in [0.05, 0.1) is 18.4 Å². The molecule has 0 saturated carbocycles. The van der Waals surface area contributed by atoms with Crippen molar-refractivity contribution >= 4 is 23.5 Å². The minimum absolute atomic E-state index is 0.0668. The van der Waals surface area contributed by atoms with Gasteiger partial charge in [0.15, 0.2) is 5.78 Å². The number of hydrogen-bond acceptors (Lipinski definition) is 4. The second-order valence-corrected chi connectivity index (χ2v) is 7.12. The van der Waals surface area contributed by atoms with E-state index in [1.54, 1.807) is 36.1 Å². The van der Waals surface area contributed by atoms with E-state index in [1.807, 2.05) is 51.2 Å². The van der Waals surface area contributed by atoms with Crippen LogP contribution in [0.25, 0.3) is 6.08 Å². The van der Waals surface area contributed by atoms with Crippen LogP contribution < -0.4 is 9.47 Å². The number of aromatic nitrogens is 2. The van der Waals surface area contributed by atoms with Crippen molar-refractivity contribution in [3.63, 3.8) is 0 Å². The van der Waals surface area contributed by atoms with Gasteiger partial charge in [-0.25, -0.2) is 0 Å². The van der Waals surface area contributed by atoms with Crippen molar-refractivity contribution in [1.82, 2.24) is 9.78 Å². The van der Waals surface area contributed by atoms with Gasteiger partial charge in [0, 0.05) is 23.3 Å². The van der Waals surface area contributed by atoms with Crippen LogP contribution in [0, 0.1) is 13.8 Å². The molecule has 0 fully saturated rings. The van der Waals surface area contributed by atoms with Crippen molar-refractivity contribution in [3.8, 4) is 11.5 Å². The molecule has 1 aromatic heterocycles. The van der Waals surface area contributed by atoms with E-state index >= 15 is 0 Å². The summed E-state index contributed by atoms with van der Waals surface area (Å²) in [6.45, 7) is 4.07. The van der Waals surface area contributed by atoms with Gasteiger partial charge in [-0.15, -0.1) is 0 Å². The van der Waals surface area contributed by atoms with E-state index in [0.717, 1.165) is 34.0 Å². The Bertz CT molecular complexity index is 1050. The Balaban J connectivity index is 1.77. The van der Waals surface area contributed by atoms with E-state index in [-0.39, 0.29) is 5.78 Å². The predicted octanol–water partition coefficient (Wildman–Crippen LogP) is 5.17. The molecule has 0 amide bonds. The molecular weight excluding hydrogens is 388 g/mol. The number of aryl methyl sites for hydroxylation is 2. The van der Waals surface area contributed by atoms with Crippen LogP contribution in [0.3, 0.4) is 0 Å². The highest BCUT2D eigenvalue weighted by atomic mass is 35.5. The lowest BCUT2D eigenvalue weighted by atomic mass is 10.1. The largest absolute Gasteiger partial charge is 0.496 e. The van der Waals surface area contributed by atoms with Crippen LogP contribution in [0.4, 0.5) is 0 Å². The van der Waals surface area contributed by atoms with Crippen LogP contribution in [-0.2, 0) is 13.7 Å². The van der Waals surface area contributed by atoms with Gasteiger partial charge in [-0.05, 0) is 61.9 Å². The van der Waals surface area contributed by atoms with Gasteiger partial charge in [-0.3, -0.25) is 9.48 Å². The SMILES string of the molecule is COc1ccc(/C=C/C(=O)c2c(C)nn(C)c2C)cc1COc1ccc(Cl)cc1. The van der Waals surface area contributed by atoms with Gasteiger partial charge in [-0.1, -0.05) is 23.7 Å². The Morgan fingerprint density at radius 3 is 2.52 bits per heavy atom. The van der Waals surface area contributed by atoms with Crippen LogP contribution in [-0.4, -0.2) is 22.7 Å². The minimum Gasteiger partial charge on any atom is -0.496 e. The smallest absolute Gasteiger partial charge is 0.189 e. The van der Waals surface area contributed by atoms with Crippen LogP contribution in [0.5, 0.6) is 11.5 Å². The lowest BCUT2D eigenvalue weighted by molar-refractivity contribution is 0.104. The average Bonchev–Trinajstić information content (AvgIpc) is 2.97. The number of ether oxygens (including phenoxy) is 2. The van der Waals surface area contributed by atoms with Crippen LogP contribution >= 0.6 is 11.6 Å². The molecular formula is C23H23ClN2O3. The van der Waals surface area contributed by atoms with E-state index in [9.17, 15) is 4.79 Å². The van der Waals surface area contributed by atoms with Gasteiger partial charge < -0.3 is 9.47 Å². The number of rotatable bonds is 7. The second kappa shape index (κ2) is 8.97. The summed E-state index contributed by atoms with van der Waals surface area (Å²) in [5, 5.41) is 4.96. The Kier molecular flexibility index (Phi) is 6.39. The maximum absolute atomic E-state index is 12.6. The number of carbonyl (C=O) groups excluding carboxylic acids is 1. The Morgan fingerprint density at radius 2 is 1.90 bits per heavy atom. The number of hydrogen-bond donors (Lipinski definition) is 0. The third-order valence-corrected chi connectivity index (χ3v) is 4.95. The van der Waals surface area contributed by atoms with Gasteiger partial charge >= 0.3 is 0 Å². The van der Waals surface area contributed by atoms with Gasteiger partial charge in [0.2, 0.25) is 0 Å². The molecule has 0 radical (unpaired) electrons. The number of ketones is 1. The Labute approximate surface area is 175 Å². The number of nitrogens with zero attached hydrogens (tertiary/aromatic N) is 2. The van der Waals surface area contributed by atoms with Crippen molar-refractivity contribution in [2.75, 3.05) is 7.11 Å². The zero-order valence-corrected chi connectivity index (χ0v) is 17.7. The van der Waals surface area contributed by atoms with E-state index in [0.29, 0.717) is 17.2 Å². The monoisotopic (exact) mass is 410 g/mol. The molecule has 1 heterocycles. The summed E-state index contributed by atoms with van der Waals surface area (Å²) in [6.07, 6.45) is 3.36. The molecule has 29 heavy (non-hydrogen) atoms. The van der Waals surface area contributed by atoms with Crippen LogP contribution in [0.1, 0.15) is 32.9 Å². The first kappa shape index (κ1) is 20.7. The molecule has 0 N–H and O–H groups in total. The topological polar surface area (TPSA) is 53.3 Å². The summed E-state index contributed by atoms with van der Waals surface area (Å²) in [6, 6.07) is 12.9. The summed E-state index contributed by atoms with van der Waals surface area (Å²) in [4.78, 5) is 12.6. The quantitative estimate of drug-likeness (QED) is 0.398. The second-order valence-electron chi connectivity index (χ2n) is 6.68. The van der Waals surface area contributed by atoms with Gasteiger partial charge in [0.25, 0.3) is 0 Å². The number of allylic oxidation sites excluding steroid dienone is 1. The molecule has 0 atom stereocenters.